The van der Waals surface area contributed by atoms with Gasteiger partial charge >= 0.3 is 5.97 Å². The Bertz CT molecular complexity index is 1030. The largest absolute Gasteiger partial charge is 0.484 e. The van der Waals surface area contributed by atoms with Crippen LogP contribution in [0.5, 0.6) is 5.75 Å². The van der Waals surface area contributed by atoms with E-state index in [0.717, 1.165) is 17.8 Å². The van der Waals surface area contributed by atoms with Gasteiger partial charge in [-0.25, -0.2) is 0 Å². The molecule has 0 atom stereocenters. The number of esters is 1. The van der Waals surface area contributed by atoms with E-state index in [-0.39, 0.29) is 31.4 Å². The van der Waals surface area contributed by atoms with Gasteiger partial charge in [-0.1, -0.05) is 11.6 Å². The van der Waals surface area contributed by atoms with E-state index in [0.29, 0.717) is 41.9 Å². The summed E-state index contributed by atoms with van der Waals surface area (Å²) in [5.74, 6) is 0.248. The molecule has 2 amide bonds. The van der Waals surface area contributed by atoms with Gasteiger partial charge in [0.25, 0.3) is 11.8 Å². The van der Waals surface area contributed by atoms with E-state index < -0.39 is 5.97 Å². The zero-order valence-electron chi connectivity index (χ0n) is 18.5. The normalized spacial score (nSPS) is 15.0. The standard InChI is InChI=1S/C23H27ClN4O5/c1-32-21(30)8-10-25-23(31)22-18-13-27(11-9-19(18)28(26-22)12-15-2-3-15)20(29)14-33-17-6-4-16(24)5-7-17/h4-7,15H,2-3,8-14H2,1H3,(H,25,31). The number of benzene rings is 1. The maximum atomic E-state index is 12.8. The highest BCUT2D eigenvalue weighted by atomic mass is 35.5. The first-order valence-corrected chi connectivity index (χ1v) is 11.4. The summed E-state index contributed by atoms with van der Waals surface area (Å²) in [6.07, 6.45) is 3.04. The van der Waals surface area contributed by atoms with Crippen LogP contribution in [0.4, 0.5) is 0 Å². The van der Waals surface area contributed by atoms with Gasteiger partial charge < -0.3 is 19.7 Å². The summed E-state index contributed by atoms with van der Waals surface area (Å²) in [5, 5.41) is 7.92. The third kappa shape index (κ3) is 5.84. The summed E-state index contributed by atoms with van der Waals surface area (Å²) >= 11 is 5.88. The molecule has 2 aliphatic rings. The highest BCUT2D eigenvalue weighted by Crippen LogP contribution is 2.32. The van der Waals surface area contributed by atoms with Gasteiger partial charge in [-0.3, -0.25) is 19.1 Å². The number of amides is 2. The number of aromatic nitrogens is 2. The second kappa shape index (κ2) is 10.2. The van der Waals surface area contributed by atoms with Crippen molar-refractivity contribution in [2.24, 2.45) is 5.92 Å². The van der Waals surface area contributed by atoms with Crippen molar-refractivity contribution < 1.29 is 23.9 Å². The molecule has 0 radical (unpaired) electrons. The van der Waals surface area contributed by atoms with Gasteiger partial charge in [0.15, 0.2) is 12.3 Å². The van der Waals surface area contributed by atoms with Crippen molar-refractivity contribution in [3.8, 4) is 5.75 Å². The molecule has 2 aromatic rings. The van der Waals surface area contributed by atoms with Crippen molar-refractivity contribution in [2.75, 3.05) is 26.8 Å². The first-order chi connectivity index (χ1) is 15.9. The van der Waals surface area contributed by atoms with Crippen molar-refractivity contribution in [1.29, 1.82) is 0 Å². The SMILES string of the molecule is COC(=O)CCNC(=O)c1nn(CC2CC2)c2c1CN(C(=O)COc1ccc(Cl)cc1)CC2. The Morgan fingerprint density at radius 2 is 1.97 bits per heavy atom. The van der Waals surface area contributed by atoms with E-state index in [9.17, 15) is 14.4 Å². The number of fused-ring (bicyclic) bond motifs is 1. The Morgan fingerprint density at radius 3 is 2.67 bits per heavy atom. The lowest BCUT2D eigenvalue weighted by Gasteiger charge is -2.28. The van der Waals surface area contributed by atoms with Gasteiger partial charge in [-0.05, 0) is 43.0 Å². The molecular weight excluding hydrogens is 448 g/mol. The lowest BCUT2D eigenvalue weighted by Crippen LogP contribution is -2.39. The first kappa shape index (κ1) is 23.1. The highest BCUT2D eigenvalue weighted by Gasteiger charge is 2.32. The molecule has 1 aliphatic carbocycles. The van der Waals surface area contributed by atoms with Crippen LogP contribution >= 0.6 is 11.6 Å². The number of ether oxygens (including phenoxy) is 2. The molecule has 176 valence electrons. The van der Waals surface area contributed by atoms with Crippen LogP contribution in [0.3, 0.4) is 0 Å². The summed E-state index contributed by atoms with van der Waals surface area (Å²) in [6.45, 7) is 1.67. The molecule has 1 N–H and O–H groups in total. The minimum atomic E-state index is -0.394. The second-order valence-electron chi connectivity index (χ2n) is 8.29. The van der Waals surface area contributed by atoms with Crippen LogP contribution in [-0.2, 0) is 33.8 Å². The average molecular weight is 475 g/mol. The fourth-order valence-electron chi connectivity index (χ4n) is 3.81. The van der Waals surface area contributed by atoms with Crippen LogP contribution in [0, 0.1) is 5.92 Å². The summed E-state index contributed by atoms with van der Waals surface area (Å²) < 4.78 is 12.1. The van der Waals surface area contributed by atoms with Crippen molar-refractivity contribution in [1.82, 2.24) is 20.0 Å². The Kier molecular flexibility index (Phi) is 7.17. The predicted molar refractivity (Wildman–Crippen MR) is 120 cm³/mol. The number of carbonyl (C=O) groups is 3. The molecule has 0 spiro atoms. The number of rotatable bonds is 9. The summed E-state index contributed by atoms with van der Waals surface area (Å²) in [6, 6.07) is 6.83. The minimum absolute atomic E-state index is 0.0832. The van der Waals surface area contributed by atoms with Crippen LogP contribution in [0.2, 0.25) is 5.02 Å². The number of nitrogens with zero attached hydrogens (tertiary/aromatic N) is 3. The lowest BCUT2D eigenvalue weighted by molar-refractivity contribution is -0.140. The molecule has 10 heteroatoms. The van der Waals surface area contributed by atoms with Gasteiger partial charge in [0.05, 0.1) is 13.5 Å². The second-order valence-corrected chi connectivity index (χ2v) is 8.73. The van der Waals surface area contributed by atoms with E-state index in [4.69, 9.17) is 16.3 Å². The zero-order chi connectivity index (χ0) is 23.4. The molecule has 33 heavy (non-hydrogen) atoms. The molecule has 0 unspecified atom stereocenters. The molecule has 1 saturated carbocycles. The monoisotopic (exact) mass is 474 g/mol. The average Bonchev–Trinajstić information content (AvgIpc) is 3.57. The number of carbonyl (C=O) groups excluding carboxylic acids is 3. The van der Waals surface area contributed by atoms with E-state index in [1.165, 1.54) is 20.0 Å². The fraction of sp³-hybridized carbons (Fsp3) is 0.478. The van der Waals surface area contributed by atoms with Crippen LogP contribution in [0.25, 0.3) is 0 Å². The van der Waals surface area contributed by atoms with Gasteiger partial charge in [-0.15, -0.1) is 0 Å². The van der Waals surface area contributed by atoms with E-state index in [1.807, 2.05) is 4.68 Å². The minimum Gasteiger partial charge on any atom is -0.484 e. The van der Waals surface area contributed by atoms with Crippen molar-refractivity contribution >= 4 is 29.4 Å². The predicted octanol–water partition coefficient (Wildman–Crippen LogP) is 2.20. The topological polar surface area (TPSA) is 103 Å². The molecule has 9 nitrogen and oxygen atoms in total. The zero-order valence-corrected chi connectivity index (χ0v) is 19.3. The summed E-state index contributed by atoms with van der Waals surface area (Å²) in [7, 11) is 1.31. The first-order valence-electron chi connectivity index (χ1n) is 11.0. The smallest absolute Gasteiger partial charge is 0.307 e. The van der Waals surface area contributed by atoms with Gasteiger partial charge in [-0.2, -0.15) is 5.10 Å². The van der Waals surface area contributed by atoms with Crippen LogP contribution in [-0.4, -0.2) is 59.3 Å². The Hall–Kier alpha value is -3.07. The summed E-state index contributed by atoms with van der Waals surface area (Å²) in [5.41, 5.74) is 2.08. The van der Waals surface area contributed by atoms with Gasteiger partial charge in [0, 0.05) is 48.9 Å². The van der Waals surface area contributed by atoms with E-state index in [2.05, 4.69) is 15.2 Å². The van der Waals surface area contributed by atoms with Crippen LogP contribution in [0.1, 0.15) is 41.0 Å². The molecule has 1 fully saturated rings. The highest BCUT2D eigenvalue weighted by molar-refractivity contribution is 6.30. The van der Waals surface area contributed by atoms with Crippen LogP contribution < -0.4 is 10.1 Å². The number of methoxy groups -OCH3 is 1. The number of nitrogens with one attached hydrogen (secondary N) is 1. The lowest BCUT2D eigenvalue weighted by atomic mass is 10.0. The molecule has 4 rings (SSSR count). The van der Waals surface area contributed by atoms with Crippen molar-refractivity contribution in [3.63, 3.8) is 0 Å². The maximum Gasteiger partial charge on any atom is 0.307 e. The number of hydrogen-bond acceptors (Lipinski definition) is 6. The van der Waals surface area contributed by atoms with Crippen molar-refractivity contribution in [2.45, 2.75) is 38.8 Å². The quantitative estimate of drug-likeness (QED) is 0.559. The van der Waals surface area contributed by atoms with E-state index >= 15 is 0 Å². The molecule has 2 heterocycles. The van der Waals surface area contributed by atoms with Crippen LogP contribution in [0.15, 0.2) is 24.3 Å². The molecule has 1 aromatic carbocycles. The van der Waals surface area contributed by atoms with Crippen molar-refractivity contribution in [3.05, 3.63) is 46.2 Å². The fourth-order valence-corrected chi connectivity index (χ4v) is 3.94. The molecule has 0 bridgehead atoms. The molecule has 1 aromatic heterocycles. The van der Waals surface area contributed by atoms with Gasteiger partial charge in [0.1, 0.15) is 5.75 Å². The Labute approximate surface area is 197 Å². The molecule has 0 saturated heterocycles. The third-order valence-electron chi connectivity index (χ3n) is 5.85. The maximum absolute atomic E-state index is 12.8. The molecular formula is C23H27ClN4O5. The Balaban J connectivity index is 1.44. The number of halogens is 1. The van der Waals surface area contributed by atoms with Gasteiger partial charge in [0.2, 0.25) is 0 Å². The third-order valence-corrected chi connectivity index (χ3v) is 6.10. The van der Waals surface area contributed by atoms with E-state index in [1.54, 1.807) is 29.2 Å². The molecule has 1 aliphatic heterocycles. The number of hydrogen-bond donors (Lipinski definition) is 1. The summed E-state index contributed by atoms with van der Waals surface area (Å²) in [4.78, 5) is 38.7. The Morgan fingerprint density at radius 1 is 1.21 bits per heavy atom.